The molecule has 4 heteroatoms. The number of carbonyl (C=O) groups is 2. The maximum absolute atomic E-state index is 10.5. The maximum atomic E-state index is 10.5. The molecule has 56 valence electrons. The van der Waals surface area contributed by atoms with Crippen LogP contribution in [0.5, 0.6) is 0 Å². The Morgan fingerprint density at radius 1 is 1.70 bits per heavy atom. The zero-order valence-corrected chi connectivity index (χ0v) is 5.88. The fourth-order valence-corrected chi connectivity index (χ4v) is 0.748. The third kappa shape index (κ3) is 1.10. The van der Waals surface area contributed by atoms with Gasteiger partial charge in [-0.05, 0) is 6.92 Å². The zero-order chi connectivity index (χ0) is 7.72. The molecule has 0 aromatic carbocycles. The highest BCUT2D eigenvalue weighted by molar-refractivity contribution is 5.85. The van der Waals surface area contributed by atoms with Crippen molar-refractivity contribution in [3.8, 4) is 0 Å². The highest BCUT2D eigenvalue weighted by atomic mass is 16.6. The summed E-state index contributed by atoms with van der Waals surface area (Å²) >= 11 is 0. The Labute approximate surface area is 58.5 Å². The van der Waals surface area contributed by atoms with Gasteiger partial charge in [0.15, 0.2) is 6.23 Å². The van der Waals surface area contributed by atoms with Crippen LogP contribution < -0.4 is 5.32 Å². The molecule has 0 bridgehead atoms. The second-order valence-electron chi connectivity index (χ2n) is 2.33. The van der Waals surface area contributed by atoms with E-state index in [4.69, 9.17) is 4.74 Å². The summed E-state index contributed by atoms with van der Waals surface area (Å²) in [4.78, 5) is 20.8. The molecule has 10 heavy (non-hydrogen) atoms. The van der Waals surface area contributed by atoms with Crippen LogP contribution in [-0.2, 0) is 14.3 Å². The van der Waals surface area contributed by atoms with E-state index in [9.17, 15) is 9.59 Å². The van der Waals surface area contributed by atoms with Crippen LogP contribution in [0.4, 0.5) is 0 Å². The van der Waals surface area contributed by atoms with Gasteiger partial charge in [0.25, 0.3) is 0 Å². The molecule has 0 spiro atoms. The summed E-state index contributed by atoms with van der Waals surface area (Å²) in [5, 5.41) is 2.44. The Morgan fingerprint density at radius 3 is 2.60 bits per heavy atom. The van der Waals surface area contributed by atoms with Crippen LogP contribution in [0.2, 0.25) is 0 Å². The number of hydrogen-bond donors (Lipinski definition) is 1. The summed E-state index contributed by atoms with van der Waals surface area (Å²) in [5.41, 5.74) is 0. The number of carbonyl (C=O) groups excluding carboxylic acids is 2. The van der Waals surface area contributed by atoms with Crippen LogP contribution in [0.1, 0.15) is 13.8 Å². The lowest BCUT2D eigenvalue weighted by molar-refractivity contribution is -0.165. The van der Waals surface area contributed by atoms with Crippen molar-refractivity contribution in [3.05, 3.63) is 0 Å². The first-order valence-electron chi connectivity index (χ1n) is 3.09. The smallest absolute Gasteiger partial charge is 0.304 e. The minimum Gasteiger partial charge on any atom is -0.441 e. The largest absolute Gasteiger partial charge is 0.441 e. The van der Waals surface area contributed by atoms with Crippen molar-refractivity contribution in [3.63, 3.8) is 0 Å². The molecule has 1 saturated heterocycles. The van der Waals surface area contributed by atoms with E-state index in [1.165, 1.54) is 6.92 Å². The Kier molecular flexibility index (Phi) is 1.61. The van der Waals surface area contributed by atoms with E-state index >= 15 is 0 Å². The van der Waals surface area contributed by atoms with Gasteiger partial charge in [-0.1, -0.05) is 0 Å². The molecular weight excluding hydrogens is 134 g/mol. The van der Waals surface area contributed by atoms with E-state index in [2.05, 4.69) is 5.32 Å². The minimum atomic E-state index is -0.398. The molecule has 0 saturated carbocycles. The Balaban J connectivity index is 2.34. The molecule has 0 aromatic heterocycles. The molecule has 1 fully saturated rings. The average Bonchev–Trinajstić information content (AvgIpc) is 1.86. The summed E-state index contributed by atoms with van der Waals surface area (Å²) in [6, 6.07) is 0. The molecule has 1 N–H and O–H groups in total. The van der Waals surface area contributed by atoms with Crippen molar-refractivity contribution < 1.29 is 14.3 Å². The molecule has 1 heterocycles. The van der Waals surface area contributed by atoms with E-state index in [-0.39, 0.29) is 17.8 Å². The van der Waals surface area contributed by atoms with E-state index in [0.717, 1.165) is 0 Å². The molecule has 4 nitrogen and oxygen atoms in total. The van der Waals surface area contributed by atoms with Gasteiger partial charge in [-0.15, -0.1) is 0 Å². The first-order valence-corrected chi connectivity index (χ1v) is 3.09. The van der Waals surface area contributed by atoms with Crippen molar-refractivity contribution in [1.82, 2.24) is 5.32 Å². The van der Waals surface area contributed by atoms with Crippen LogP contribution in [-0.4, -0.2) is 18.1 Å². The third-order valence-corrected chi connectivity index (χ3v) is 1.45. The van der Waals surface area contributed by atoms with Crippen molar-refractivity contribution in [2.45, 2.75) is 20.1 Å². The number of esters is 1. The lowest BCUT2D eigenvalue weighted by Gasteiger charge is -2.32. The van der Waals surface area contributed by atoms with Crippen LogP contribution in [0.3, 0.4) is 0 Å². The van der Waals surface area contributed by atoms with Gasteiger partial charge in [0.1, 0.15) is 0 Å². The fraction of sp³-hybridized carbons (Fsp3) is 0.667. The first-order chi connectivity index (χ1) is 4.61. The number of β-lactam (4-membered cyclic amide) rings is 1. The molecule has 1 amide bonds. The van der Waals surface area contributed by atoms with Crippen LogP contribution in [0.15, 0.2) is 0 Å². The predicted molar refractivity (Wildman–Crippen MR) is 32.9 cm³/mol. The predicted octanol–water partition coefficient (Wildman–Crippen LogP) is -0.359. The van der Waals surface area contributed by atoms with Crippen molar-refractivity contribution in [1.29, 1.82) is 0 Å². The highest BCUT2D eigenvalue weighted by Crippen LogP contribution is 2.14. The summed E-state index contributed by atoms with van der Waals surface area (Å²) in [7, 11) is 0. The van der Waals surface area contributed by atoms with Crippen molar-refractivity contribution >= 4 is 11.9 Å². The number of hydrogen-bond acceptors (Lipinski definition) is 3. The minimum absolute atomic E-state index is 0.0637. The first kappa shape index (κ1) is 7.05. The van der Waals surface area contributed by atoms with Crippen LogP contribution in [0.25, 0.3) is 0 Å². The van der Waals surface area contributed by atoms with Crippen molar-refractivity contribution in [2.75, 3.05) is 0 Å². The van der Waals surface area contributed by atoms with Gasteiger partial charge in [-0.3, -0.25) is 9.59 Å². The molecule has 0 radical (unpaired) electrons. The quantitative estimate of drug-likeness (QED) is 0.403. The second-order valence-corrected chi connectivity index (χ2v) is 2.33. The SMILES string of the molecule is CC(=O)O[C@@H]1NC(=O)[C@H]1C. The Hall–Kier alpha value is -1.06. The number of amides is 1. The Bertz CT molecular complexity index is 178. The lowest BCUT2D eigenvalue weighted by atomic mass is 10.0. The van der Waals surface area contributed by atoms with Gasteiger partial charge >= 0.3 is 5.97 Å². The van der Waals surface area contributed by atoms with Gasteiger partial charge in [-0.2, -0.15) is 0 Å². The summed E-state index contributed by atoms with van der Waals surface area (Å²) in [6.45, 7) is 3.03. The maximum Gasteiger partial charge on any atom is 0.304 e. The molecular formula is C6H9NO3. The topological polar surface area (TPSA) is 55.4 Å². The summed E-state index contributed by atoms with van der Waals surface area (Å²) < 4.78 is 4.70. The van der Waals surface area contributed by atoms with Gasteiger partial charge in [0.2, 0.25) is 5.91 Å². The highest BCUT2D eigenvalue weighted by Gasteiger charge is 2.37. The molecule has 0 aliphatic carbocycles. The molecule has 0 aromatic rings. The average molecular weight is 143 g/mol. The van der Waals surface area contributed by atoms with E-state index < -0.39 is 6.23 Å². The standard InChI is InChI=1S/C6H9NO3/c1-3-5(9)7-6(3)10-4(2)8/h3,6H,1-2H3,(H,7,9)/t3-,6+/m1/s1. The normalized spacial score (nSPS) is 30.4. The number of ether oxygens (including phenoxy) is 1. The molecule has 1 rings (SSSR count). The number of rotatable bonds is 1. The zero-order valence-electron chi connectivity index (χ0n) is 5.88. The second kappa shape index (κ2) is 2.28. The van der Waals surface area contributed by atoms with E-state index in [1.54, 1.807) is 6.92 Å². The third-order valence-electron chi connectivity index (χ3n) is 1.45. The molecule has 1 aliphatic rings. The number of nitrogens with one attached hydrogen (secondary N) is 1. The van der Waals surface area contributed by atoms with Crippen LogP contribution in [0, 0.1) is 5.92 Å². The summed E-state index contributed by atoms with van der Waals surface area (Å²) in [5.74, 6) is -0.619. The fourth-order valence-electron chi connectivity index (χ4n) is 0.748. The van der Waals surface area contributed by atoms with Gasteiger partial charge in [0, 0.05) is 6.92 Å². The molecule has 1 aliphatic heterocycles. The summed E-state index contributed by atoms with van der Waals surface area (Å²) in [6.07, 6.45) is -0.398. The monoisotopic (exact) mass is 143 g/mol. The van der Waals surface area contributed by atoms with E-state index in [0.29, 0.717) is 0 Å². The van der Waals surface area contributed by atoms with Gasteiger partial charge in [-0.25, -0.2) is 0 Å². The Morgan fingerprint density at radius 2 is 2.30 bits per heavy atom. The van der Waals surface area contributed by atoms with E-state index in [1.807, 2.05) is 0 Å². The van der Waals surface area contributed by atoms with Crippen LogP contribution >= 0.6 is 0 Å². The lowest BCUT2D eigenvalue weighted by Crippen LogP contribution is -2.58. The van der Waals surface area contributed by atoms with Crippen molar-refractivity contribution in [2.24, 2.45) is 5.92 Å². The van der Waals surface area contributed by atoms with Gasteiger partial charge in [0.05, 0.1) is 5.92 Å². The molecule has 0 unspecified atom stereocenters. The molecule has 2 atom stereocenters. The van der Waals surface area contributed by atoms with Gasteiger partial charge < -0.3 is 10.1 Å².